The van der Waals surface area contributed by atoms with Crippen molar-refractivity contribution < 1.29 is 0 Å². The molecule has 7 nitrogen and oxygen atoms in total. The lowest BCUT2D eigenvalue weighted by Crippen LogP contribution is -2.53. The van der Waals surface area contributed by atoms with Gasteiger partial charge in [-0.2, -0.15) is 0 Å². The second kappa shape index (κ2) is 9.39. The predicted molar refractivity (Wildman–Crippen MR) is 116 cm³/mol. The zero-order chi connectivity index (χ0) is 20.1. The molecule has 0 radical (unpaired) electrons. The van der Waals surface area contributed by atoms with E-state index in [-0.39, 0.29) is 0 Å². The highest BCUT2D eigenvalue weighted by molar-refractivity contribution is 5.80. The highest BCUT2D eigenvalue weighted by Gasteiger charge is 2.25. The SMILES string of the molecule is CCNC(=NCc1nnc2n1CCC2)N1CCN(C(CC)c2ccccc2)CC1. The van der Waals surface area contributed by atoms with Crippen LogP contribution in [-0.2, 0) is 19.5 Å². The zero-order valence-electron chi connectivity index (χ0n) is 17.7. The highest BCUT2D eigenvalue weighted by atomic mass is 15.4. The standard InChI is InChI=1S/C22H33N7/c1-3-19(18-9-6-5-7-10-18)27-13-15-28(16-14-27)22(23-4-2)24-17-21-26-25-20-11-8-12-29(20)21/h5-7,9-10,19H,3-4,8,11-17H2,1-2H3,(H,23,24). The second-order valence-corrected chi connectivity index (χ2v) is 7.82. The third kappa shape index (κ3) is 4.45. The first-order valence-electron chi connectivity index (χ1n) is 11.0. The van der Waals surface area contributed by atoms with Gasteiger partial charge in [0.15, 0.2) is 11.8 Å². The quantitative estimate of drug-likeness (QED) is 0.601. The fourth-order valence-corrected chi connectivity index (χ4v) is 4.52. The largest absolute Gasteiger partial charge is 0.357 e. The van der Waals surface area contributed by atoms with Gasteiger partial charge >= 0.3 is 0 Å². The summed E-state index contributed by atoms with van der Waals surface area (Å²) >= 11 is 0. The van der Waals surface area contributed by atoms with Gasteiger partial charge in [-0.15, -0.1) is 10.2 Å². The normalized spacial score (nSPS) is 18.7. The van der Waals surface area contributed by atoms with Crippen LogP contribution in [0.1, 0.15) is 49.9 Å². The molecule has 2 aliphatic rings. The molecule has 1 N–H and O–H groups in total. The minimum Gasteiger partial charge on any atom is -0.357 e. The van der Waals surface area contributed by atoms with E-state index in [1.54, 1.807) is 0 Å². The summed E-state index contributed by atoms with van der Waals surface area (Å²) in [7, 11) is 0. The summed E-state index contributed by atoms with van der Waals surface area (Å²) in [6.07, 6.45) is 3.35. The van der Waals surface area contributed by atoms with Crippen LogP contribution in [0.5, 0.6) is 0 Å². The number of nitrogens with one attached hydrogen (secondary N) is 1. The van der Waals surface area contributed by atoms with Gasteiger partial charge in [-0.1, -0.05) is 37.3 Å². The maximum atomic E-state index is 4.89. The molecule has 1 aromatic heterocycles. The smallest absolute Gasteiger partial charge is 0.194 e. The predicted octanol–water partition coefficient (Wildman–Crippen LogP) is 2.46. The number of fused-ring (bicyclic) bond motifs is 1. The van der Waals surface area contributed by atoms with E-state index in [9.17, 15) is 0 Å². The molecule has 3 heterocycles. The Morgan fingerprint density at radius 1 is 1.07 bits per heavy atom. The van der Waals surface area contributed by atoms with Crippen LogP contribution in [0.2, 0.25) is 0 Å². The van der Waals surface area contributed by atoms with Crippen LogP contribution in [0.3, 0.4) is 0 Å². The molecule has 29 heavy (non-hydrogen) atoms. The van der Waals surface area contributed by atoms with Crippen LogP contribution in [0, 0.1) is 0 Å². The first-order valence-corrected chi connectivity index (χ1v) is 11.0. The van der Waals surface area contributed by atoms with Gasteiger partial charge < -0.3 is 14.8 Å². The number of aryl methyl sites for hydroxylation is 1. The van der Waals surface area contributed by atoms with E-state index in [4.69, 9.17) is 4.99 Å². The summed E-state index contributed by atoms with van der Waals surface area (Å²) in [4.78, 5) is 9.89. The number of rotatable bonds is 6. The first kappa shape index (κ1) is 19.9. The van der Waals surface area contributed by atoms with Crippen molar-refractivity contribution in [1.82, 2.24) is 29.9 Å². The first-order chi connectivity index (χ1) is 14.3. The Kier molecular flexibility index (Phi) is 6.44. The molecule has 0 saturated carbocycles. The van der Waals surface area contributed by atoms with E-state index in [0.717, 1.165) is 69.7 Å². The molecule has 1 saturated heterocycles. The number of aromatic nitrogens is 3. The average Bonchev–Trinajstić information content (AvgIpc) is 3.38. The Bertz CT molecular complexity index is 806. The lowest BCUT2D eigenvalue weighted by Gasteiger charge is -2.40. The maximum absolute atomic E-state index is 4.89. The fourth-order valence-electron chi connectivity index (χ4n) is 4.52. The molecule has 1 unspecified atom stereocenters. The van der Waals surface area contributed by atoms with Crippen LogP contribution in [-0.4, -0.2) is 63.2 Å². The van der Waals surface area contributed by atoms with Crippen molar-refractivity contribution in [2.75, 3.05) is 32.7 Å². The van der Waals surface area contributed by atoms with Gasteiger partial charge in [-0.05, 0) is 25.3 Å². The van der Waals surface area contributed by atoms with Crippen LogP contribution >= 0.6 is 0 Å². The molecular weight excluding hydrogens is 362 g/mol. The van der Waals surface area contributed by atoms with E-state index in [2.05, 4.69) is 74.1 Å². The lowest BCUT2D eigenvalue weighted by atomic mass is 10.0. The Hall–Kier alpha value is -2.41. The van der Waals surface area contributed by atoms with Crippen molar-refractivity contribution in [3.63, 3.8) is 0 Å². The van der Waals surface area contributed by atoms with Gasteiger partial charge in [0.25, 0.3) is 0 Å². The third-order valence-electron chi connectivity index (χ3n) is 6.02. The van der Waals surface area contributed by atoms with E-state index < -0.39 is 0 Å². The summed E-state index contributed by atoms with van der Waals surface area (Å²) in [6.45, 7) is 11.0. The third-order valence-corrected chi connectivity index (χ3v) is 6.02. The molecule has 2 aliphatic heterocycles. The molecule has 1 fully saturated rings. The van der Waals surface area contributed by atoms with Gasteiger partial charge in [0, 0.05) is 51.7 Å². The molecule has 1 atom stereocenters. The van der Waals surface area contributed by atoms with Gasteiger partial charge in [0.1, 0.15) is 12.4 Å². The van der Waals surface area contributed by atoms with Crippen molar-refractivity contribution in [3.05, 3.63) is 47.5 Å². The van der Waals surface area contributed by atoms with Crippen molar-refractivity contribution in [3.8, 4) is 0 Å². The Labute approximate surface area is 173 Å². The van der Waals surface area contributed by atoms with Crippen LogP contribution in [0.15, 0.2) is 35.3 Å². The molecular formula is C22H33N7. The molecule has 156 valence electrons. The number of piperazine rings is 1. The highest BCUT2D eigenvalue weighted by Crippen LogP contribution is 2.25. The number of aliphatic imine (C=N–C) groups is 1. The molecule has 2 aromatic rings. The number of guanidine groups is 1. The number of hydrogen-bond acceptors (Lipinski definition) is 4. The Morgan fingerprint density at radius 2 is 1.86 bits per heavy atom. The number of nitrogens with zero attached hydrogens (tertiary/aromatic N) is 6. The molecule has 0 aliphatic carbocycles. The number of benzene rings is 1. The maximum Gasteiger partial charge on any atom is 0.194 e. The molecule has 4 rings (SSSR count). The zero-order valence-corrected chi connectivity index (χ0v) is 17.7. The number of hydrogen-bond donors (Lipinski definition) is 1. The minimum absolute atomic E-state index is 0.497. The van der Waals surface area contributed by atoms with Crippen molar-refractivity contribution in [2.45, 2.75) is 52.2 Å². The lowest BCUT2D eigenvalue weighted by molar-refractivity contribution is 0.127. The molecule has 1 aromatic carbocycles. The summed E-state index contributed by atoms with van der Waals surface area (Å²) in [6, 6.07) is 11.4. The van der Waals surface area contributed by atoms with Crippen LogP contribution in [0.25, 0.3) is 0 Å². The fraction of sp³-hybridized carbons (Fsp3) is 0.591. The summed E-state index contributed by atoms with van der Waals surface area (Å²) in [5.41, 5.74) is 1.42. The topological polar surface area (TPSA) is 61.6 Å². The molecule has 0 bridgehead atoms. The summed E-state index contributed by atoms with van der Waals surface area (Å²) < 4.78 is 2.23. The Morgan fingerprint density at radius 3 is 2.59 bits per heavy atom. The summed E-state index contributed by atoms with van der Waals surface area (Å²) in [5, 5.41) is 12.1. The molecule has 0 amide bonds. The van der Waals surface area contributed by atoms with E-state index in [1.165, 1.54) is 12.0 Å². The monoisotopic (exact) mass is 395 g/mol. The van der Waals surface area contributed by atoms with E-state index in [1.807, 2.05) is 0 Å². The Balaban J connectivity index is 1.39. The minimum atomic E-state index is 0.497. The van der Waals surface area contributed by atoms with Crippen LogP contribution in [0.4, 0.5) is 0 Å². The molecule has 7 heteroatoms. The summed E-state index contributed by atoms with van der Waals surface area (Å²) in [5.74, 6) is 3.09. The van der Waals surface area contributed by atoms with E-state index >= 15 is 0 Å². The second-order valence-electron chi connectivity index (χ2n) is 7.82. The van der Waals surface area contributed by atoms with E-state index in [0.29, 0.717) is 12.6 Å². The van der Waals surface area contributed by atoms with Crippen LogP contribution < -0.4 is 5.32 Å². The molecule has 0 spiro atoms. The van der Waals surface area contributed by atoms with Gasteiger partial charge in [0.2, 0.25) is 0 Å². The van der Waals surface area contributed by atoms with Crippen molar-refractivity contribution in [2.24, 2.45) is 4.99 Å². The average molecular weight is 396 g/mol. The van der Waals surface area contributed by atoms with Gasteiger partial charge in [0.05, 0.1) is 0 Å². The van der Waals surface area contributed by atoms with Crippen molar-refractivity contribution >= 4 is 5.96 Å². The van der Waals surface area contributed by atoms with Gasteiger partial charge in [-0.25, -0.2) is 4.99 Å². The van der Waals surface area contributed by atoms with Gasteiger partial charge in [-0.3, -0.25) is 4.90 Å². The van der Waals surface area contributed by atoms with Crippen molar-refractivity contribution in [1.29, 1.82) is 0 Å².